The second kappa shape index (κ2) is 3.58. The van der Waals surface area contributed by atoms with Gasteiger partial charge < -0.3 is 10.0 Å². The summed E-state index contributed by atoms with van der Waals surface area (Å²) in [6, 6.07) is 5.87. The van der Waals surface area contributed by atoms with Gasteiger partial charge in [-0.15, -0.1) is 0 Å². The van der Waals surface area contributed by atoms with E-state index in [1.807, 2.05) is 25.1 Å². The van der Waals surface area contributed by atoms with Gasteiger partial charge >= 0.3 is 0 Å². The van der Waals surface area contributed by atoms with E-state index in [1.165, 1.54) is 0 Å². The second-order valence-corrected chi connectivity index (χ2v) is 4.21. The average Bonchev–Trinajstić information content (AvgIpc) is 2.18. The zero-order valence-electron chi connectivity index (χ0n) is 8.48. The lowest BCUT2D eigenvalue weighted by Crippen LogP contribution is -2.46. The lowest BCUT2D eigenvalue weighted by Gasteiger charge is -2.37. The van der Waals surface area contributed by atoms with Crippen LogP contribution in [-0.2, 0) is 0 Å². The fourth-order valence-electron chi connectivity index (χ4n) is 1.96. The Morgan fingerprint density at radius 3 is 3.00 bits per heavy atom. The van der Waals surface area contributed by atoms with Crippen molar-refractivity contribution in [1.82, 2.24) is 4.98 Å². The number of pyridine rings is 1. The molecule has 1 fully saturated rings. The zero-order valence-corrected chi connectivity index (χ0v) is 8.48. The highest BCUT2D eigenvalue weighted by molar-refractivity contribution is 5.38. The first kappa shape index (κ1) is 9.46. The highest BCUT2D eigenvalue weighted by Crippen LogP contribution is 2.23. The van der Waals surface area contributed by atoms with Gasteiger partial charge in [-0.2, -0.15) is 0 Å². The van der Waals surface area contributed by atoms with Crippen molar-refractivity contribution in [2.75, 3.05) is 18.0 Å². The molecular formula is C11H16N2O. The van der Waals surface area contributed by atoms with Crippen LogP contribution in [-0.4, -0.2) is 28.8 Å². The van der Waals surface area contributed by atoms with Crippen LogP contribution in [0.1, 0.15) is 19.8 Å². The minimum atomic E-state index is -0.560. The third kappa shape index (κ3) is 2.04. The predicted molar refractivity (Wildman–Crippen MR) is 56.3 cm³/mol. The van der Waals surface area contributed by atoms with Crippen LogP contribution in [0.3, 0.4) is 0 Å². The Kier molecular flexibility index (Phi) is 2.42. The molecule has 1 aromatic rings. The van der Waals surface area contributed by atoms with Crippen molar-refractivity contribution < 1.29 is 5.11 Å². The van der Waals surface area contributed by atoms with E-state index in [-0.39, 0.29) is 0 Å². The van der Waals surface area contributed by atoms with Crippen LogP contribution in [0.2, 0.25) is 0 Å². The maximum absolute atomic E-state index is 9.94. The molecule has 1 unspecified atom stereocenters. The quantitative estimate of drug-likeness (QED) is 0.731. The molecule has 1 aromatic heterocycles. The summed E-state index contributed by atoms with van der Waals surface area (Å²) in [6.07, 6.45) is 3.71. The highest BCUT2D eigenvalue weighted by Gasteiger charge is 2.28. The number of β-amino-alcohol motifs (C(OH)–C–C–N with tert-alkyl or cyclic N) is 1. The van der Waals surface area contributed by atoms with Gasteiger partial charge in [0.25, 0.3) is 0 Å². The summed E-state index contributed by atoms with van der Waals surface area (Å²) in [7, 11) is 0. The number of nitrogens with zero attached hydrogens (tertiary/aromatic N) is 2. The highest BCUT2D eigenvalue weighted by atomic mass is 16.3. The van der Waals surface area contributed by atoms with Gasteiger partial charge in [-0.05, 0) is 31.9 Å². The van der Waals surface area contributed by atoms with Crippen molar-refractivity contribution in [2.45, 2.75) is 25.4 Å². The molecule has 1 saturated heterocycles. The summed E-state index contributed by atoms with van der Waals surface area (Å²) in [6.45, 7) is 3.57. The first-order valence-corrected chi connectivity index (χ1v) is 5.06. The first-order valence-electron chi connectivity index (χ1n) is 5.06. The SMILES string of the molecule is CC1(O)CCCN(c2ccccn2)C1. The van der Waals surface area contributed by atoms with E-state index in [9.17, 15) is 5.11 Å². The van der Waals surface area contributed by atoms with Crippen molar-refractivity contribution in [3.8, 4) is 0 Å². The van der Waals surface area contributed by atoms with Crippen LogP contribution in [0.5, 0.6) is 0 Å². The molecule has 14 heavy (non-hydrogen) atoms. The number of anilines is 1. The molecule has 1 N–H and O–H groups in total. The molecule has 1 atom stereocenters. The molecule has 0 aromatic carbocycles. The average molecular weight is 192 g/mol. The number of hydrogen-bond acceptors (Lipinski definition) is 3. The molecule has 0 bridgehead atoms. The van der Waals surface area contributed by atoms with Gasteiger partial charge in [0.2, 0.25) is 0 Å². The molecule has 2 rings (SSSR count). The van der Waals surface area contributed by atoms with E-state index in [4.69, 9.17) is 0 Å². The Morgan fingerprint density at radius 1 is 1.50 bits per heavy atom. The predicted octanol–water partition coefficient (Wildman–Crippen LogP) is 1.43. The maximum atomic E-state index is 9.94. The summed E-state index contributed by atoms with van der Waals surface area (Å²) in [4.78, 5) is 6.43. The fourth-order valence-corrected chi connectivity index (χ4v) is 1.96. The van der Waals surface area contributed by atoms with Gasteiger partial charge in [0.05, 0.1) is 5.60 Å². The van der Waals surface area contributed by atoms with Gasteiger partial charge in [0.1, 0.15) is 5.82 Å². The Balaban J connectivity index is 2.12. The summed E-state index contributed by atoms with van der Waals surface area (Å²) in [5.41, 5.74) is -0.560. The third-order valence-corrected chi connectivity index (χ3v) is 2.65. The van der Waals surface area contributed by atoms with Crippen molar-refractivity contribution in [1.29, 1.82) is 0 Å². The summed E-state index contributed by atoms with van der Waals surface area (Å²) in [5.74, 6) is 0.965. The summed E-state index contributed by atoms with van der Waals surface area (Å²) >= 11 is 0. The molecule has 0 radical (unpaired) electrons. The van der Waals surface area contributed by atoms with E-state index >= 15 is 0 Å². The van der Waals surface area contributed by atoms with E-state index in [1.54, 1.807) is 6.20 Å². The molecule has 0 saturated carbocycles. The van der Waals surface area contributed by atoms with Gasteiger partial charge in [-0.1, -0.05) is 6.07 Å². The first-order chi connectivity index (χ1) is 6.67. The van der Waals surface area contributed by atoms with Gasteiger partial charge in [-0.3, -0.25) is 0 Å². The molecule has 1 aliphatic rings. The van der Waals surface area contributed by atoms with Crippen LogP contribution in [0, 0.1) is 0 Å². The topological polar surface area (TPSA) is 36.4 Å². The van der Waals surface area contributed by atoms with Crippen LogP contribution < -0.4 is 4.90 Å². The van der Waals surface area contributed by atoms with Gasteiger partial charge in [0, 0.05) is 19.3 Å². The molecule has 2 heterocycles. The Bertz CT molecular complexity index is 297. The van der Waals surface area contributed by atoms with Crippen LogP contribution in [0.25, 0.3) is 0 Å². The number of piperidine rings is 1. The Morgan fingerprint density at radius 2 is 2.36 bits per heavy atom. The van der Waals surface area contributed by atoms with Gasteiger partial charge in [-0.25, -0.2) is 4.98 Å². The van der Waals surface area contributed by atoms with Gasteiger partial charge in [0.15, 0.2) is 0 Å². The van der Waals surface area contributed by atoms with Crippen LogP contribution >= 0.6 is 0 Å². The Labute approximate surface area is 84.4 Å². The molecule has 1 aliphatic heterocycles. The lowest BCUT2D eigenvalue weighted by molar-refractivity contribution is 0.0447. The van der Waals surface area contributed by atoms with E-state index in [0.717, 1.165) is 25.2 Å². The van der Waals surface area contributed by atoms with E-state index in [0.29, 0.717) is 6.54 Å². The van der Waals surface area contributed by atoms with Crippen LogP contribution in [0.15, 0.2) is 24.4 Å². The molecular weight excluding hydrogens is 176 g/mol. The minimum Gasteiger partial charge on any atom is -0.388 e. The lowest BCUT2D eigenvalue weighted by atomic mass is 9.95. The normalized spacial score (nSPS) is 27.7. The zero-order chi connectivity index (χ0) is 10.0. The van der Waals surface area contributed by atoms with Crippen molar-refractivity contribution in [3.63, 3.8) is 0 Å². The number of rotatable bonds is 1. The maximum Gasteiger partial charge on any atom is 0.128 e. The molecule has 3 nitrogen and oxygen atoms in total. The molecule has 0 amide bonds. The summed E-state index contributed by atoms with van der Waals surface area (Å²) < 4.78 is 0. The fraction of sp³-hybridized carbons (Fsp3) is 0.545. The smallest absolute Gasteiger partial charge is 0.128 e. The minimum absolute atomic E-state index is 0.560. The third-order valence-electron chi connectivity index (χ3n) is 2.65. The molecule has 0 spiro atoms. The van der Waals surface area contributed by atoms with Crippen molar-refractivity contribution >= 4 is 5.82 Å². The molecule has 76 valence electrons. The monoisotopic (exact) mass is 192 g/mol. The Hall–Kier alpha value is -1.09. The van der Waals surface area contributed by atoms with E-state index in [2.05, 4.69) is 9.88 Å². The molecule has 0 aliphatic carbocycles. The number of aliphatic hydroxyl groups is 1. The van der Waals surface area contributed by atoms with Crippen LogP contribution in [0.4, 0.5) is 5.82 Å². The van der Waals surface area contributed by atoms with E-state index < -0.39 is 5.60 Å². The second-order valence-electron chi connectivity index (χ2n) is 4.21. The molecule has 3 heteroatoms. The standard InChI is InChI=1S/C11H16N2O/c1-11(14)6-4-8-13(9-11)10-5-2-3-7-12-10/h2-3,5,7,14H,4,6,8-9H2,1H3. The largest absolute Gasteiger partial charge is 0.388 e. The van der Waals surface area contributed by atoms with Crippen molar-refractivity contribution in [3.05, 3.63) is 24.4 Å². The summed E-state index contributed by atoms with van der Waals surface area (Å²) in [5, 5.41) is 9.94. The number of aromatic nitrogens is 1. The van der Waals surface area contributed by atoms with Crippen molar-refractivity contribution in [2.24, 2.45) is 0 Å². The number of hydrogen-bond donors (Lipinski definition) is 1.